The highest BCUT2D eigenvalue weighted by Gasteiger charge is 2.20. The normalized spacial score (nSPS) is 10.8. The number of amides is 1. The fraction of sp³-hybridized carbons (Fsp3) is 0.316. The number of methoxy groups -OCH3 is 2. The second-order valence-electron chi connectivity index (χ2n) is 6.41. The van der Waals surface area contributed by atoms with E-state index < -0.39 is 4.92 Å². The molecule has 1 N–H and O–H groups in total. The summed E-state index contributed by atoms with van der Waals surface area (Å²) in [5.74, 6) is 0.337. The molecule has 10 heteroatoms. The molecule has 3 aromatic rings. The SMILES string of the molecule is COc1cc(CCNC(=O)c2cnc3cc(C)nn3c2C)c([N+](=O)[O-])cc1OC. The zero-order valence-electron chi connectivity index (χ0n) is 16.6. The molecule has 152 valence electrons. The van der Waals surface area contributed by atoms with Gasteiger partial charge in [0.25, 0.3) is 11.6 Å². The van der Waals surface area contributed by atoms with E-state index in [1.807, 2.05) is 13.0 Å². The number of nitrogens with one attached hydrogen (secondary N) is 1. The first-order valence-corrected chi connectivity index (χ1v) is 8.85. The van der Waals surface area contributed by atoms with Gasteiger partial charge in [-0.15, -0.1) is 0 Å². The number of carbonyl (C=O) groups is 1. The van der Waals surface area contributed by atoms with Crippen LogP contribution in [0.2, 0.25) is 0 Å². The number of nitrogens with zero attached hydrogens (tertiary/aromatic N) is 4. The topological polar surface area (TPSA) is 121 Å². The summed E-state index contributed by atoms with van der Waals surface area (Å²) < 4.78 is 11.9. The lowest BCUT2D eigenvalue weighted by atomic mass is 10.1. The van der Waals surface area contributed by atoms with Crippen LogP contribution in [-0.4, -0.2) is 46.2 Å². The highest BCUT2D eigenvalue weighted by molar-refractivity contribution is 5.95. The Kier molecular flexibility index (Phi) is 5.62. The number of nitro benzene ring substituents is 1. The molecule has 0 aliphatic carbocycles. The highest BCUT2D eigenvalue weighted by Crippen LogP contribution is 2.34. The standard InChI is InChI=1S/C19H21N5O5/c1-11-7-18-21-10-14(12(2)23(18)22-11)19(25)20-6-5-13-8-16(28-3)17(29-4)9-15(13)24(26)27/h7-10H,5-6H2,1-4H3,(H,20,25). The van der Waals surface area contributed by atoms with Crippen LogP contribution in [-0.2, 0) is 6.42 Å². The summed E-state index contributed by atoms with van der Waals surface area (Å²) in [5, 5.41) is 18.5. The monoisotopic (exact) mass is 399 g/mol. The van der Waals surface area contributed by atoms with Gasteiger partial charge in [-0.3, -0.25) is 14.9 Å². The Morgan fingerprint density at radius 2 is 1.90 bits per heavy atom. The average Bonchev–Trinajstić information content (AvgIpc) is 3.08. The zero-order valence-corrected chi connectivity index (χ0v) is 16.6. The lowest BCUT2D eigenvalue weighted by Crippen LogP contribution is -2.27. The van der Waals surface area contributed by atoms with Crippen molar-refractivity contribution >= 4 is 17.2 Å². The predicted octanol–water partition coefficient (Wildman–Crippen LogP) is 2.24. The largest absolute Gasteiger partial charge is 0.493 e. The molecule has 0 saturated heterocycles. The first kappa shape index (κ1) is 20.1. The molecular formula is C19H21N5O5. The van der Waals surface area contributed by atoms with Crippen molar-refractivity contribution in [2.45, 2.75) is 20.3 Å². The molecule has 3 rings (SSSR count). The third-order valence-electron chi connectivity index (χ3n) is 4.55. The molecule has 0 saturated carbocycles. The van der Waals surface area contributed by atoms with Gasteiger partial charge < -0.3 is 14.8 Å². The molecule has 0 radical (unpaired) electrons. The number of benzene rings is 1. The van der Waals surface area contributed by atoms with E-state index in [1.54, 1.807) is 17.5 Å². The molecule has 1 amide bonds. The maximum atomic E-state index is 12.6. The number of aryl methyl sites for hydroxylation is 2. The number of rotatable bonds is 7. The van der Waals surface area contributed by atoms with E-state index in [4.69, 9.17) is 9.47 Å². The number of fused-ring (bicyclic) bond motifs is 1. The maximum Gasteiger partial charge on any atom is 0.276 e. The number of hydrogen-bond donors (Lipinski definition) is 1. The summed E-state index contributed by atoms with van der Waals surface area (Å²) >= 11 is 0. The van der Waals surface area contributed by atoms with Crippen LogP contribution in [0.25, 0.3) is 5.65 Å². The van der Waals surface area contributed by atoms with Crippen molar-refractivity contribution in [3.8, 4) is 11.5 Å². The number of nitro groups is 1. The lowest BCUT2D eigenvalue weighted by molar-refractivity contribution is -0.385. The predicted molar refractivity (Wildman–Crippen MR) is 105 cm³/mol. The molecule has 0 spiro atoms. The third-order valence-corrected chi connectivity index (χ3v) is 4.55. The van der Waals surface area contributed by atoms with Gasteiger partial charge >= 0.3 is 0 Å². The summed E-state index contributed by atoms with van der Waals surface area (Å²) in [6, 6.07) is 4.69. The first-order chi connectivity index (χ1) is 13.8. The molecule has 10 nitrogen and oxygen atoms in total. The van der Waals surface area contributed by atoms with Gasteiger partial charge in [0.1, 0.15) is 0 Å². The fourth-order valence-electron chi connectivity index (χ4n) is 3.07. The van der Waals surface area contributed by atoms with Gasteiger partial charge in [-0.1, -0.05) is 0 Å². The lowest BCUT2D eigenvalue weighted by Gasteiger charge is -2.11. The fourth-order valence-corrected chi connectivity index (χ4v) is 3.07. The Labute approximate surface area is 166 Å². The number of ether oxygens (including phenoxy) is 2. The minimum absolute atomic E-state index is 0.0943. The van der Waals surface area contributed by atoms with Gasteiger partial charge in [0, 0.05) is 24.4 Å². The molecule has 0 aliphatic heterocycles. The van der Waals surface area contributed by atoms with E-state index >= 15 is 0 Å². The number of hydrogen-bond acceptors (Lipinski definition) is 7. The van der Waals surface area contributed by atoms with Gasteiger partial charge in [-0.25, -0.2) is 9.50 Å². The van der Waals surface area contributed by atoms with Gasteiger partial charge in [0.2, 0.25) is 0 Å². The third kappa shape index (κ3) is 3.96. The summed E-state index contributed by atoms with van der Waals surface area (Å²) in [6.45, 7) is 3.84. The van der Waals surface area contributed by atoms with E-state index in [1.165, 1.54) is 26.5 Å². The quantitative estimate of drug-likeness (QED) is 0.478. The summed E-state index contributed by atoms with van der Waals surface area (Å²) in [4.78, 5) is 27.7. The Morgan fingerprint density at radius 3 is 2.55 bits per heavy atom. The first-order valence-electron chi connectivity index (χ1n) is 8.85. The van der Waals surface area contributed by atoms with Crippen LogP contribution >= 0.6 is 0 Å². The number of carbonyl (C=O) groups excluding carboxylic acids is 1. The van der Waals surface area contributed by atoms with Crippen molar-refractivity contribution in [3.05, 3.63) is 57.0 Å². The van der Waals surface area contributed by atoms with Crippen molar-refractivity contribution in [3.63, 3.8) is 0 Å². The van der Waals surface area contributed by atoms with E-state index in [-0.39, 0.29) is 30.3 Å². The molecule has 29 heavy (non-hydrogen) atoms. The van der Waals surface area contributed by atoms with Crippen molar-refractivity contribution in [1.82, 2.24) is 19.9 Å². The molecule has 2 heterocycles. The van der Waals surface area contributed by atoms with Crippen molar-refractivity contribution < 1.29 is 19.2 Å². The molecule has 0 unspecified atom stereocenters. The van der Waals surface area contributed by atoms with Crippen LogP contribution in [0, 0.1) is 24.0 Å². The molecular weight excluding hydrogens is 378 g/mol. The molecule has 0 atom stereocenters. The van der Waals surface area contributed by atoms with E-state index in [2.05, 4.69) is 15.4 Å². The van der Waals surface area contributed by atoms with Crippen LogP contribution in [0.15, 0.2) is 24.4 Å². The molecule has 0 fully saturated rings. The van der Waals surface area contributed by atoms with Crippen LogP contribution in [0.1, 0.15) is 27.3 Å². The summed E-state index contributed by atoms with van der Waals surface area (Å²) in [6.07, 6.45) is 1.75. The Hall–Kier alpha value is -3.69. The van der Waals surface area contributed by atoms with Crippen molar-refractivity contribution in [2.24, 2.45) is 0 Å². The van der Waals surface area contributed by atoms with Crippen LogP contribution in [0.3, 0.4) is 0 Å². The Bertz CT molecular complexity index is 1090. The smallest absolute Gasteiger partial charge is 0.276 e. The highest BCUT2D eigenvalue weighted by atomic mass is 16.6. The van der Waals surface area contributed by atoms with Gasteiger partial charge in [0.05, 0.1) is 42.2 Å². The minimum Gasteiger partial charge on any atom is -0.493 e. The Morgan fingerprint density at radius 1 is 1.21 bits per heavy atom. The molecule has 1 aromatic carbocycles. The Balaban J connectivity index is 1.76. The van der Waals surface area contributed by atoms with Gasteiger partial charge in [-0.05, 0) is 26.3 Å². The van der Waals surface area contributed by atoms with Crippen LogP contribution in [0.5, 0.6) is 11.5 Å². The minimum atomic E-state index is -0.485. The second-order valence-corrected chi connectivity index (χ2v) is 6.41. The molecule has 2 aromatic heterocycles. The van der Waals surface area contributed by atoms with Crippen LogP contribution in [0.4, 0.5) is 5.69 Å². The van der Waals surface area contributed by atoms with Crippen molar-refractivity contribution in [1.29, 1.82) is 0 Å². The zero-order chi connectivity index (χ0) is 21.1. The molecule has 0 aliphatic rings. The van der Waals surface area contributed by atoms with E-state index in [9.17, 15) is 14.9 Å². The van der Waals surface area contributed by atoms with Crippen LogP contribution < -0.4 is 14.8 Å². The maximum absolute atomic E-state index is 12.6. The van der Waals surface area contributed by atoms with Gasteiger partial charge in [-0.2, -0.15) is 5.10 Å². The summed E-state index contributed by atoms with van der Waals surface area (Å²) in [7, 11) is 2.87. The summed E-state index contributed by atoms with van der Waals surface area (Å²) in [5.41, 5.74) is 2.86. The van der Waals surface area contributed by atoms with Crippen molar-refractivity contribution in [2.75, 3.05) is 20.8 Å². The van der Waals surface area contributed by atoms with E-state index in [0.29, 0.717) is 28.2 Å². The molecule has 0 bridgehead atoms. The second kappa shape index (κ2) is 8.13. The van der Waals surface area contributed by atoms with E-state index in [0.717, 1.165) is 5.69 Å². The van der Waals surface area contributed by atoms with Gasteiger partial charge in [0.15, 0.2) is 17.1 Å². The average molecular weight is 399 g/mol. The number of aromatic nitrogens is 3.